The molecule has 0 bridgehead atoms. The van der Waals surface area contributed by atoms with E-state index >= 15 is 0 Å². The van der Waals surface area contributed by atoms with Crippen LogP contribution in [0.4, 0.5) is 0 Å². The molecule has 1 aliphatic carbocycles. The van der Waals surface area contributed by atoms with Crippen molar-refractivity contribution in [3.8, 4) is 0 Å². The van der Waals surface area contributed by atoms with Crippen LogP contribution >= 0.6 is 11.8 Å². The van der Waals surface area contributed by atoms with Crippen LogP contribution in [0.25, 0.3) is 0 Å². The first-order valence-electron chi connectivity index (χ1n) is 8.49. The van der Waals surface area contributed by atoms with Crippen LogP contribution < -0.4 is 5.32 Å². The van der Waals surface area contributed by atoms with Crippen LogP contribution in [-0.2, 0) is 10.5 Å². The molecule has 1 aromatic carbocycles. The molecule has 3 heteroatoms. The second kappa shape index (κ2) is 8.61. The van der Waals surface area contributed by atoms with Crippen molar-refractivity contribution in [2.45, 2.75) is 58.2 Å². The normalized spacial score (nSPS) is 25.0. The van der Waals surface area contributed by atoms with Crippen molar-refractivity contribution < 1.29 is 4.79 Å². The Morgan fingerprint density at radius 3 is 2.68 bits per heavy atom. The molecule has 0 saturated heterocycles. The van der Waals surface area contributed by atoms with Crippen LogP contribution in [0.2, 0.25) is 0 Å². The standard InChI is InChI=1S/C19H29NOS/c1-14-7-9-17(10-8-14)13-22-12-11-19(21)20-18-6-4-5-15(2)16(18)3/h7-10,15-16,18H,4-6,11-13H2,1-3H3,(H,20,21)/t15-,16-,18-/m1/s1. The lowest BCUT2D eigenvalue weighted by atomic mass is 9.78. The van der Waals surface area contributed by atoms with Crippen LogP contribution in [0.3, 0.4) is 0 Å². The Morgan fingerprint density at radius 1 is 1.23 bits per heavy atom. The van der Waals surface area contributed by atoms with Gasteiger partial charge in [-0.05, 0) is 30.7 Å². The predicted octanol–water partition coefficient (Wildman–Crippen LogP) is 4.56. The van der Waals surface area contributed by atoms with Crippen molar-refractivity contribution in [1.82, 2.24) is 5.32 Å². The molecule has 0 radical (unpaired) electrons. The summed E-state index contributed by atoms with van der Waals surface area (Å²) < 4.78 is 0. The molecule has 0 unspecified atom stereocenters. The number of hydrogen-bond acceptors (Lipinski definition) is 2. The number of carbonyl (C=O) groups is 1. The van der Waals surface area contributed by atoms with Crippen molar-refractivity contribution in [1.29, 1.82) is 0 Å². The first-order chi connectivity index (χ1) is 10.6. The van der Waals surface area contributed by atoms with Crippen LogP contribution in [-0.4, -0.2) is 17.7 Å². The molecule has 122 valence electrons. The number of amides is 1. The van der Waals surface area contributed by atoms with E-state index in [4.69, 9.17) is 0 Å². The molecule has 1 amide bonds. The molecular weight excluding hydrogens is 290 g/mol. The Kier molecular flexibility index (Phi) is 6.81. The van der Waals surface area contributed by atoms with E-state index in [1.54, 1.807) is 0 Å². The maximum absolute atomic E-state index is 12.1. The van der Waals surface area contributed by atoms with Crippen molar-refractivity contribution in [3.63, 3.8) is 0 Å². The van der Waals surface area contributed by atoms with E-state index in [2.05, 4.69) is 50.4 Å². The Morgan fingerprint density at radius 2 is 1.95 bits per heavy atom. The van der Waals surface area contributed by atoms with Gasteiger partial charge in [-0.25, -0.2) is 0 Å². The van der Waals surface area contributed by atoms with Gasteiger partial charge in [-0.15, -0.1) is 0 Å². The molecule has 3 atom stereocenters. The Balaban J connectivity index is 1.64. The van der Waals surface area contributed by atoms with Crippen LogP contribution in [0, 0.1) is 18.8 Å². The number of thioether (sulfide) groups is 1. The highest BCUT2D eigenvalue weighted by Crippen LogP contribution is 2.29. The third kappa shape index (κ3) is 5.35. The van der Waals surface area contributed by atoms with E-state index in [1.165, 1.54) is 24.0 Å². The van der Waals surface area contributed by atoms with Crippen molar-refractivity contribution in [2.24, 2.45) is 11.8 Å². The summed E-state index contributed by atoms with van der Waals surface area (Å²) in [5.41, 5.74) is 2.63. The molecule has 2 nitrogen and oxygen atoms in total. The van der Waals surface area contributed by atoms with E-state index in [9.17, 15) is 4.79 Å². The average molecular weight is 320 g/mol. The highest BCUT2D eigenvalue weighted by atomic mass is 32.2. The first-order valence-corrected chi connectivity index (χ1v) is 9.64. The van der Waals surface area contributed by atoms with Gasteiger partial charge in [0, 0.05) is 24.0 Å². The highest BCUT2D eigenvalue weighted by molar-refractivity contribution is 7.98. The van der Waals surface area contributed by atoms with Gasteiger partial charge in [-0.3, -0.25) is 4.79 Å². The van der Waals surface area contributed by atoms with E-state index < -0.39 is 0 Å². The second-order valence-electron chi connectivity index (χ2n) is 6.73. The lowest BCUT2D eigenvalue weighted by Gasteiger charge is -2.34. The summed E-state index contributed by atoms with van der Waals surface area (Å²) in [5, 5.41) is 3.25. The summed E-state index contributed by atoms with van der Waals surface area (Å²) >= 11 is 1.84. The summed E-state index contributed by atoms with van der Waals surface area (Å²) in [4.78, 5) is 12.1. The Labute approximate surface area is 139 Å². The lowest BCUT2D eigenvalue weighted by Crippen LogP contribution is -2.43. The van der Waals surface area contributed by atoms with Crippen molar-refractivity contribution in [3.05, 3.63) is 35.4 Å². The molecule has 1 fully saturated rings. The topological polar surface area (TPSA) is 29.1 Å². The minimum atomic E-state index is 0.224. The maximum atomic E-state index is 12.1. The molecule has 1 N–H and O–H groups in total. The monoisotopic (exact) mass is 319 g/mol. The van der Waals surface area contributed by atoms with Crippen LogP contribution in [0.5, 0.6) is 0 Å². The second-order valence-corrected chi connectivity index (χ2v) is 7.83. The van der Waals surface area contributed by atoms with Gasteiger partial charge < -0.3 is 5.32 Å². The summed E-state index contributed by atoms with van der Waals surface area (Å²) in [7, 11) is 0. The number of rotatable bonds is 6. The summed E-state index contributed by atoms with van der Waals surface area (Å²) in [6, 6.07) is 9.03. The van der Waals surface area contributed by atoms with Gasteiger partial charge in [0.25, 0.3) is 0 Å². The summed E-state index contributed by atoms with van der Waals surface area (Å²) in [6.45, 7) is 6.69. The van der Waals surface area contributed by atoms with Gasteiger partial charge in [0.15, 0.2) is 0 Å². The van der Waals surface area contributed by atoms with Gasteiger partial charge in [-0.1, -0.05) is 56.5 Å². The van der Waals surface area contributed by atoms with Crippen LogP contribution in [0.15, 0.2) is 24.3 Å². The number of benzene rings is 1. The Hall–Kier alpha value is -0.960. The molecule has 1 aliphatic rings. The van der Waals surface area contributed by atoms with E-state index in [1.807, 2.05) is 11.8 Å². The molecule has 0 heterocycles. The van der Waals surface area contributed by atoms with Gasteiger partial charge in [0.05, 0.1) is 0 Å². The van der Waals surface area contributed by atoms with Gasteiger partial charge in [0.1, 0.15) is 0 Å². The zero-order valence-electron chi connectivity index (χ0n) is 14.1. The van der Waals surface area contributed by atoms with Gasteiger partial charge in [0.2, 0.25) is 5.91 Å². The largest absolute Gasteiger partial charge is 0.353 e. The van der Waals surface area contributed by atoms with Gasteiger partial charge in [-0.2, -0.15) is 11.8 Å². The Bertz CT molecular complexity index is 471. The molecule has 1 aromatic rings. The lowest BCUT2D eigenvalue weighted by molar-refractivity contribution is -0.122. The molecule has 1 saturated carbocycles. The van der Waals surface area contributed by atoms with Crippen molar-refractivity contribution in [2.75, 3.05) is 5.75 Å². The molecular formula is C19H29NOS. The fraction of sp³-hybridized carbons (Fsp3) is 0.632. The summed E-state index contributed by atoms with van der Waals surface area (Å²) in [6.07, 6.45) is 4.33. The zero-order valence-corrected chi connectivity index (χ0v) is 14.9. The number of nitrogens with one attached hydrogen (secondary N) is 1. The SMILES string of the molecule is Cc1ccc(CSCCC(=O)N[C@@H]2CCC[C@@H](C)[C@H]2C)cc1. The first kappa shape index (κ1) is 17.4. The smallest absolute Gasteiger partial charge is 0.221 e. The molecule has 0 aliphatic heterocycles. The third-order valence-electron chi connectivity index (χ3n) is 4.92. The molecule has 22 heavy (non-hydrogen) atoms. The number of carbonyl (C=O) groups excluding carboxylic acids is 1. The van der Waals surface area contributed by atoms with E-state index in [-0.39, 0.29) is 5.91 Å². The fourth-order valence-electron chi connectivity index (χ4n) is 3.10. The molecule has 0 aromatic heterocycles. The van der Waals surface area contributed by atoms with E-state index in [0.29, 0.717) is 18.4 Å². The van der Waals surface area contributed by atoms with Crippen molar-refractivity contribution >= 4 is 17.7 Å². The predicted molar refractivity (Wildman–Crippen MR) is 96.1 cm³/mol. The third-order valence-corrected chi connectivity index (χ3v) is 5.95. The van der Waals surface area contributed by atoms with Gasteiger partial charge >= 0.3 is 0 Å². The number of hydrogen-bond donors (Lipinski definition) is 1. The summed E-state index contributed by atoms with van der Waals surface area (Å²) in [5.74, 6) is 3.45. The zero-order chi connectivity index (χ0) is 15.9. The minimum Gasteiger partial charge on any atom is -0.353 e. The van der Waals surface area contributed by atoms with E-state index in [0.717, 1.165) is 23.8 Å². The molecule has 0 spiro atoms. The average Bonchev–Trinajstić information content (AvgIpc) is 2.50. The fourth-order valence-corrected chi connectivity index (χ4v) is 4.01. The number of aryl methyl sites for hydroxylation is 1. The maximum Gasteiger partial charge on any atom is 0.221 e. The molecule has 2 rings (SSSR count). The quantitative estimate of drug-likeness (QED) is 0.779. The minimum absolute atomic E-state index is 0.224. The van der Waals surface area contributed by atoms with Crippen LogP contribution in [0.1, 0.15) is 50.7 Å². The highest BCUT2D eigenvalue weighted by Gasteiger charge is 2.27.